The zero-order valence-electron chi connectivity index (χ0n) is 8.00. The van der Waals surface area contributed by atoms with Crippen molar-refractivity contribution in [3.63, 3.8) is 0 Å². The molecule has 1 aliphatic carbocycles. The molecular formula is C10H20N2. The van der Waals surface area contributed by atoms with Gasteiger partial charge in [0.05, 0.1) is 0 Å². The topological polar surface area (TPSA) is 29.3 Å². The molecule has 1 saturated carbocycles. The van der Waals surface area contributed by atoms with Gasteiger partial charge in [-0.3, -0.25) is 4.90 Å². The average molecular weight is 168 g/mol. The van der Waals surface area contributed by atoms with E-state index in [0.717, 1.165) is 18.5 Å². The van der Waals surface area contributed by atoms with Crippen molar-refractivity contribution in [1.82, 2.24) is 4.90 Å². The second-order valence-corrected chi connectivity index (χ2v) is 4.57. The minimum absolute atomic E-state index is 0.451. The molecule has 2 aliphatic rings. The minimum Gasteiger partial charge on any atom is -0.326 e. The van der Waals surface area contributed by atoms with Crippen molar-refractivity contribution in [3.05, 3.63) is 0 Å². The first kappa shape index (κ1) is 8.52. The van der Waals surface area contributed by atoms with Gasteiger partial charge in [-0.25, -0.2) is 0 Å². The van der Waals surface area contributed by atoms with Gasteiger partial charge in [0.25, 0.3) is 0 Å². The summed E-state index contributed by atoms with van der Waals surface area (Å²) in [5, 5.41) is 0. The van der Waals surface area contributed by atoms with Crippen molar-refractivity contribution in [2.75, 3.05) is 13.1 Å². The molecule has 1 heterocycles. The van der Waals surface area contributed by atoms with E-state index in [0.29, 0.717) is 6.04 Å². The van der Waals surface area contributed by atoms with Crippen LogP contribution in [0.3, 0.4) is 0 Å². The first-order valence-electron chi connectivity index (χ1n) is 5.25. The van der Waals surface area contributed by atoms with Crippen LogP contribution in [0.15, 0.2) is 0 Å². The van der Waals surface area contributed by atoms with Crippen LogP contribution in [0.2, 0.25) is 0 Å². The van der Waals surface area contributed by atoms with E-state index in [1.165, 1.54) is 32.2 Å². The van der Waals surface area contributed by atoms with Gasteiger partial charge in [-0.15, -0.1) is 0 Å². The largest absolute Gasteiger partial charge is 0.326 e. The molecule has 2 atom stereocenters. The molecule has 0 bridgehead atoms. The summed E-state index contributed by atoms with van der Waals surface area (Å²) < 4.78 is 0. The maximum absolute atomic E-state index is 5.87. The van der Waals surface area contributed by atoms with Crippen molar-refractivity contribution in [2.24, 2.45) is 11.7 Å². The highest BCUT2D eigenvalue weighted by molar-refractivity contribution is 4.85. The van der Waals surface area contributed by atoms with Crippen LogP contribution < -0.4 is 5.73 Å². The van der Waals surface area contributed by atoms with Crippen molar-refractivity contribution in [1.29, 1.82) is 0 Å². The van der Waals surface area contributed by atoms with Crippen LogP contribution in [-0.2, 0) is 0 Å². The highest BCUT2D eigenvalue weighted by atomic mass is 15.2. The summed E-state index contributed by atoms with van der Waals surface area (Å²) in [5.41, 5.74) is 5.87. The Labute approximate surface area is 75.1 Å². The van der Waals surface area contributed by atoms with Crippen LogP contribution in [0.5, 0.6) is 0 Å². The van der Waals surface area contributed by atoms with Gasteiger partial charge in [0.15, 0.2) is 0 Å². The van der Waals surface area contributed by atoms with Crippen LogP contribution >= 0.6 is 0 Å². The Kier molecular flexibility index (Phi) is 2.37. The number of rotatable bonds is 3. The van der Waals surface area contributed by atoms with E-state index >= 15 is 0 Å². The fraction of sp³-hybridized carbons (Fsp3) is 1.00. The second kappa shape index (κ2) is 3.35. The van der Waals surface area contributed by atoms with E-state index in [9.17, 15) is 0 Å². The van der Waals surface area contributed by atoms with Crippen molar-refractivity contribution in [3.8, 4) is 0 Å². The molecule has 0 aromatic carbocycles. The number of nitrogens with zero attached hydrogens (tertiary/aromatic N) is 1. The van der Waals surface area contributed by atoms with Crippen LogP contribution in [0.4, 0.5) is 0 Å². The molecule has 1 unspecified atom stereocenters. The van der Waals surface area contributed by atoms with E-state index in [1.807, 2.05) is 0 Å². The lowest BCUT2D eigenvalue weighted by Gasteiger charge is -2.23. The van der Waals surface area contributed by atoms with Gasteiger partial charge < -0.3 is 5.73 Å². The number of likely N-dealkylation sites (tertiary alicyclic amines) is 1. The van der Waals surface area contributed by atoms with Gasteiger partial charge in [0.2, 0.25) is 0 Å². The van der Waals surface area contributed by atoms with Crippen LogP contribution in [0, 0.1) is 5.92 Å². The molecule has 2 fully saturated rings. The molecule has 2 N–H and O–H groups in total. The van der Waals surface area contributed by atoms with Crippen LogP contribution in [0.1, 0.15) is 32.6 Å². The lowest BCUT2D eigenvalue weighted by Crippen LogP contribution is -2.33. The molecule has 70 valence electrons. The van der Waals surface area contributed by atoms with E-state index < -0.39 is 0 Å². The Morgan fingerprint density at radius 3 is 2.67 bits per heavy atom. The molecule has 0 aromatic rings. The lowest BCUT2D eigenvalue weighted by atomic mass is 10.1. The van der Waals surface area contributed by atoms with E-state index in [4.69, 9.17) is 5.73 Å². The molecule has 0 amide bonds. The van der Waals surface area contributed by atoms with Gasteiger partial charge in [-0.2, -0.15) is 0 Å². The average Bonchev–Trinajstić information content (AvgIpc) is 2.72. The standard InChI is InChI=1S/C10H20N2/c1-8(6-9-2-3-9)12-5-4-10(11)7-12/h8-10H,2-7,11H2,1H3/t8?,10-/m1/s1. The molecule has 0 radical (unpaired) electrons. The molecule has 0 spiro atoms. The number of nitrogens with two attached hydrogens (primary N) is 1. The Morgan fingerprint density at radius 1 is 1.42 bits per heavy atom. The number of hydrogen-bond donors (Lipinski definition) is 1. The summed E-state index contributed by atoms with van der Waals surface area (Å²) in [6.45, 7) is 4.72. The quantitative estimate of drug-likeness (QED) is 0.686. The normalized spacial score (nSPS) is 34.0. The molecule has 2 heteroatoms. The Balaban J connectivity index is 1.74. The molecule has 12 heavy (non-hydrogen) atoms. The van der Waals surface area contributed by atoms with Gasteiger partial charge in [-0.05, 0) is 32.2 Å². The monoisotopic (exact) mass is 168 g/mol. The SMILES string of the molecule is CC(CC1CC1)N1CC[C@@H](N)C1. The predicted molar refractivity (Wildman–Crippen MR) is 51.0 cm³/mol. The fourth-order valence-corrected chi connectivity index (χ4v) is 2.20. The van der Waals surface area contributed by atoms with E-state index in [2.05, 4.69) is 11.8 Å². The third-order valence-electron chi connectivity index (χ3n) is 3.25. The van der Waals surface area contributed by atoms with Gasteiger partial charge in [0, 0.05) is 18.6 Å². The third-order valence-corrected chi connectivity index (χ3v) is 3.25. The molecule has 1 saturated heterocycles. The number of hydrogen-bond acceptors (Lipinski definition) is 2. The first-order chi connectivity index (χ1) is 5.75. The fourth-order valence-electron chi connectivity index (χ4n) is 2.20. The molecule has 2 rings (SSSR count). The van der Waals surface area contributed by atoms with E-state index in [-0.39, 0.29) is 0 Å². The first-order valence-corrected chi connectivity index (χ1v) is 5.25. The van der Waals surface area contributed by atoms with Crippen molar-refractivity contribution >= 4 is 0 Å². The van der Waals surface area contributed by atoms with Crippen molar-refractivity contribution in [2.45, 2.75) is 44.7 Å². The van der Waals surface area contributed by atoms with Gasteiger partial charge >= 0.3 is 0 Å². The summed E-state index contributed by atoms with van der Waals surface area (Å²) in [7, 11) is 0. The summed E-state index contributed by atoms with van der Waals surface area (Å²) >= 11 is 0. The highest BCUT2D eigenvalue weighted by Gasteiger charge is 2.29. The lowest BCUT2D eigenvalue weighted by molar-refractivity contribution is 0.237. The Hall–Kier alpha value is -0.0800. The maximum atomic E-state index is 5.87. The van der Waals surface area contributed by atoms with Gasteiger partial charge in [0.1, 0.15) is 0 Å². The summed E-state index contributed by atoms with van der Waals surface area (Å²) in [6.07, 6.45) is 5.57. The maximum Gasteiger partial charge on any atom is 0.0180 e. The second-order valence-electron chi connectivity index (χ2n) is 4.57. The van der Waals surface area contributed by atoms with E-state index in [1.54, 1.807) is 0 Å². The molecular weight excluding hydrogens is 148 g/mol. The molecule has 2 nitrogen and oxygen atoms in total. The zero-order valence-corrected chi connectivity index (χ0v) is 8.00. The zero-order chi connectivity index (χ0) is 8.55. The smallest absolute Gasteiger partial charge is 0.0180 e. The third kappa shape index (κ3) is 1.99. The Morgan fingerprint density at radius 2 is 2.17 bits per heavy atom. The van der Waals surface area contributed by atoms with Crippen LogP contribution in [0.25, 0.3) is 0 Å². The summed E-state index contributed by atoms with van der Waals surface area (Å²) in [5.74, 6) is 1.05. The van der Waals surface area contributed by atoms with Crippen molar-refractivity contribution < 1.29 is 0 Å². The van der Waals surface area contributed by atoms with Crippen LogP contribution in [-0.4, -0.2) is 30.1 Å². The molecule has 0 aromatic heterocycles. The molecule has 1 aliphatic heterocycles. The predicted octanol–water partition coefficient (Wildman–Crippen LogP) is 1.21. The summed E-state index contributed by atoms with van der Waals surface area (Å²) in [6, 6.07) is 1.23. The highest BCUT2D eigenvalue weighted by Crippen LogP contribution is 2.35. The summed E-state index contributed by atoms with van der Waals surface area (Å²) in [4.78, 5) is 2.56. The Bertz CT molecular complexity index is 154. The minimum atomic E-state index is 0.451. The van der Waals surface area contributed by atoms with Gasteiger partial charge in [-0.1, -0.05) is 12.8 Å².